The second-order valence-electron chi connectivity index (χ2n) is 6.98. The van der Waals surface area contributed by atoms with Crippen LogP contribution in [0.4, 0.5) is 4.79 Å². The Morgan fingerprint density at radius 2 is 1.85 bits per heavy atom. The Kier molecular flexibility index (Phi) is 4.30. The van der Waals surface area contributed by atoms with Gasteiger partial charge in [-0.25, -0.2) is 9.78 Å². The summed E-state index contributed by atoms with van der Waals surface area (Å²) in [6.45, 7) is 4.20. The van der Waals surface area contributed by atoms with Gasteiger partial charge >= 0.3 is 6.09 Å². The molecule has 1 saturated carbocycles. The molecule has 1 aromatic carbocycles. The lowest BCUT2D eigenvalue weighted by molar-refractivity contribution is 0.0570. The summed E-state index contributed by atoms with van der Waals surface area (Å²) >= 11 is 0. The van der Waals surface area contributed by atoms with Crippen LogP contribution in [0.2, 0.25) is 0 Å². The smallest absolute Gasteiger partial charge is 0.409 e. The number of hydrogen-bond acceptors (Lipinski definition) is 4. The normalized spacial score (nSPS) is 17.6. The Bertz CT molecular complexity index is 848. The number of nitrogens with zero attached hydrogens (tertiary/aromatic N) is 4. The molecule has 0 N–H and O–H groups in total. The Labute approximate surface area is 152 Å². The van der Waals surface area contributed by atoms with Gasteiger partial charge in [0.1, 0.15) is 5.82 Å². The van der Waals surface area contributed by atoms with Gasteiger partial charge in [-0.05, 0) is 38.0 Å². The van der Waals surface area contributed by atoms with Crippen LogP contribution in [-0.2, 0) is 11.8 Å². The van der Waals surface area contributed by atoms with Gasteiger partial charge in [0.15, 0.2) is 0 Å². The number of hydrogen-bond donors (Lipinski definition) is 0. The van der Waals surface area contributed by atoms with Crippen molar-refractivity contribution in [3.05, 3.63) is 29.6 Å². The summed E-state index contributed by atoms with van der Waals surface area (Å²) in [4.78, 5) is 32.8. The minimum atomic E-state index is -0.304. The second-order valence-corrected chi connectivity index (χ2v) is 6.98. The van der Waals surface area contributed by atoms with E-state index in [-0.39, 0.29) is 12.0 Å². The van der Waals surface area contributed by atoms with Crippen molar-refractivity contribution >= 4 is 23.0 Å². The minimum absolute atomic E-state index is 0.00552. The Hall–Kier alpha value is -2.57. The molecule has 7 heteroatoms. The number of ether oxygens (including phenoxy) is 1. The van der Waals surface area contributed by atoms with E-state index >= 15 is 0 Å². The first-order valence-corrected chi connectivity index (χ1v) is 9.26. The highest BCUT2D eigenvalue weighted by Crippen LogP contribution is 2.40. The molecule has 2 fully saturated rings. The van der Waals surface area contributed by atoms with E-state index in [0.29, 0.717) is 44.3 Å². The van der Waals surface area contributed by atoms with E-state index in [0.717, 1.165) is 16.9 Å². The first kappa shape index (κ1) is 16.9. The maximum atomic E-state index is 12.8. The molecule has 0 spiro atoms. The van der Waals surface area contributed by atoms with Crippen molar-refractivity contribution in [2.45, 2.75) is 25.7 Å². The van der Waals surface area contributed by atoms with Crippen LogP contribution in [0.25, 0.3) is 11.0 Å². The van der Waals surface area contributed by atoms with Crippen molar-refractivity contribution < 1.29 is 14.3 Å². The maximum absolute atomic E-state index is 12.8. The molecular formula is C19H24N4O3. The minimum Gasteiger partial charge on any atom is -0.450 e. The zero-order valence-electron chi connectivity index (χ0n) is 15.3. The molecule has 1 aliphatic heterocycles. The van der Waals surface area contributed by atoms with Gasteiger partial charge in [-0.3, -0.25) is 4.79 Å². The third-order valence-electron chi connectivity index (χ3n) is 5.20. The molecule has 2 amide bonds. The van der Waals surface area contributed by atoms with E-state index in [1.807, 2.05) is 25.2 Å². The van der Waals surface area contributed by atoms with Gasteiger partial charge in [-0.2, -0.15) is 0 Å². The largest absolute Gasteiger partial charge is 0.450 e. The van der Waals surface area contributed by atoms with Crippen LogP contribution in [0.1, 0.15) is 41.9 Å². The lowest BCUT2D eigenvalue weighted by Crippen LogP contribution is -2.50. The standard InChI is InChI=1S/C19H24N4O3/c1-3-26-19(25)23-10-8-22(9-11-23)18(24)14-6-7-16-15(12-14)20-17(21(16)2)13-4-5-13/h6-7,12-13H,3-5,8-11H2,1-2H3. The molecule has 7 nitrogen and oxygen atoms in total. The third kappa shape index (κ3) is 3.02. The Balaban J connectivity index is 1.47. The summed E-state index contributed by atoms with van der Waals surface area (Å²) in [7, 11) is 2.04. The number of carbonyl (C=O) groups is 2. The van der Waals surface area contributed by atoms with Gasteiger partial charge < -0.3 is 19.1 Å². The van der Waals surface area contributed by atoms with Crippen molar-refractivity contribution in [3.8, 4) is 0 Å². The first-order chi connectivity index (χ1) is 12.6. The van der Waals surface area contributed by atoms with Crippen molar-refractivity contribution in [2.24, 2.45) is 7.05 Å². The van der Waals surface area contributed by atoms with Crippen molar-refractivity contribution in [2.75, 3.05) is 32.8 Å². The number of aromatic nitrogens is 2. The molecule has 0 bridgehead atoms. The van der Waals surface area contributed by atoms with E-state index in [1.54, 1.807) is 16.7 Å². The van der Waals surface area contributed by atoms with Crippen molar-refractivity contribution in [1.82, 2.24) is 19.4 Å². The van der Waals surface area contributed by atoms with Gasteiger partial charge in [0.25, 0.3) is 5.91 Å². The van der Waals surface area contributed by atoms with E-state index < -0.39 is 0 Å². The Morgan fingerprint density at radius 3 is 2.50 bits per heavy atom. The van der Waals surface area contributed by atoms with Crippen molar-refractivity contribution in [1.29, 1.82) is 0 Å². The average molecular weight is 356 g/mol. The molecule has 4 rings (SSSR count). The fraction of sp³-hybridized carbons (Fsp3) is 0.526. The highest BCUT2D eigenvalue weighted by atomic mass is 16.6. The summed E-state index contributed by atoms with van der Waals surface area (Å²) in [6.07, 6.45) is 2.10. The fourth-order valence-electron chi connectivity index (χ4n) is 3.55. The van der Waals surface area contributed by atoms with Crippen LogP contribution in [0.15, 0.2) is 18.2 Å². The average Bonchev–Trinajstić information content (AvgIpc) is 3.45. The molecule has 0 atom stereocenters. The topological polar surface area (TPSA) is 67.7 Å². The summed E-state index contributed by atoms with van der Waals surface area (Å²) in [5.74, 6) is 1.68. The summed E-state index contributed by atoms with van der Waals surface area (Å²) in [5.41, 5.74) is 2.60. The zero-order chi connectivity index (χ0) is 18.3. The van der Waals surface area contributed by atoms with E-state index in [4.69, 9.17) is 9.72 Å². The Morgan fingerprint density at radius 1 is 1.15 bits per heavy atom. The summed E-state index contributed by atoms with van der Waals surface area (Å²) in [6, 6.07) is 5.75. The first-order valence-electron chi connectivity index (χ1n) is 9.26. The van der Waals surface area contributed by atoms with E-state index in [2.05, 4.69) is 4.57 Å². The molecule has 0 radical (unpaired) electrons. The molecular weight excluding hydrogens is 332 g/mol. The lowest BCUT2D eigenvalue weighted by atomic mass is 10.1. The predicted molar refractivity (Wildman–Crippen MR) is 97.2 cm³/mol. The fourth-order valence-corrected chi connectivity index (χ4v) is 3.55. The number of fused-ring (bicyclic) bond motifs is 1. The molecule has 0 unspecified atom stereocenters. The molecule has 26 heavy (non-hydrogen) atoms. The van der Waals surface area contributed by atoms with Crippen LogP contribution in [0.3, 0.4) is 0 Å². The number of rotatable bonds is 3. The zero-order valence-corrected chi connectivity index (χ0v) is 15.3. The molecule has 1 aliphatic carbocycles. The van der Waals surface area contributed by atoms with Crippen LogP contribution >= 0.6 is 0 Å². The molecule has 2 aliphatic rings. The SMILES string of the molecule is CCOC(=O)N1CCN(C(=O)c2ccc3c(c2)nc(C2CC2)n3C)CC1. The molecule has 1 saturated heterocycles. The molecule has 138 valence electrons. The number of amides is 2. The third-order valence-corrected chi connectivity index (χ3v) is 5.20. The maximum Gasteiger partial charge on any atom is 0.409 e. The van der Waals surface area contributed by atoms with Crippen LogP contribution in [-0.4, -0.2) is 64.1 Å². The molecule has 2 aromatic rings. The van der Waals surface area contributed by atoms with Gasteiger partial charge in [0, 0.05) is 44.7 Å². The van der Waals surface area contributed by atoms with Crippen molar-refractivity contribution in [3.63, 3.8) is 0 Å². The number of piperazine rings is 1. The number of benzene rings is 1. The highest BCUT2D eigenvalue weighted by Gasteiger charge is 2.29. The van der Waals surface area contributed by atoms with Gasteiger partial charge in [0.2, 0.25) is 0 Å². The van der Waals surface area contributed by atoms with E-state index in [9.17, 15) is 9.59 Å². The van der Waals surface area contributed by atoms with E-state index in [1.165, 1.54) is 12.8 Å². The predicted octanol–water partition coefficient (Wildman–Crippen LogP) is 2.37. The summed E-state index contributed by atoms with van der Waals surface area (Å²) < 4.78 is 7.16. The second kappa shape index (κ2) is 6.63. The molecule has 1 aromatic heterocycles. The van der Waals surface area contributed by atoms with Gasteiger partial charge in [0.05, 0.1) is 17.6 Å². The number of imidazole rings is 1. The highest BCUT2D eigenvalue weighted by molar-refractivity contribution is 5.97. The molecule has 2 heterocycles. The monoisotopic (exact) mass is 356 g/mol. The van der Waals surface area contributed by atoms with Crippen LogP contribution in [0.5, 0.6) is 0 Å². The lowest BCUT2D eigenvalue weighted by Gasteiger charge is -2.34. The summed E-state index contributed by atoms with van der Waals surface area (Å²) in [5, 5.41) is 0. The number of aryl methyl sites for hydroxylation is 1. The quantitative estimate of drug-likeness (QED) is 0.847. The van der Waals surface area contributed by atoms with Gasteiger partial charge in [-0.15, -0.1) is 0 Å². The van der Waals surface area contributed by atoms with Gasteiger partial charge in [-0.1, -0.05) is 0 Å². The van der Waals surface area contributed by atoms with Crippen LogP contribution < -0.4 is 0 Å². The van der Waals surface area contributed by atoms with Crippen LogP contribution in [0, 0.1) is 0 Å². The number of carbonyl (C=O) groups excluding carboxylic acids is 2.